The molecule has 0 bridgehead atoms. The van der Waals surface area contributed by atoms with Crippen molar-refractivity contribution in [1.82, 2.24) is 14.9 Å². The van der Waals surface area contributed by atoms with Gasteiger partial charge in [0.25, 0.3) is 0 Å². The van der Waals surface area contributed by atoms with Gasteiger partial charge in [0.1, 0.15) is 36.2 Å². The van der Waals surface area contributed by atoms with E-state index < -0.39 is 64.0 Å². The number of nitrogens with one attached hydrogen (secondary N) is 1. The number of carbonyl (C=O) groups excluding carboxylic acids is 4. The molecule has 5 fully saturated rings. The number of ether oxygens (including phenoxy) is 3. The number of epoxide rings is 1. The maximum Gasteiger partial charge on any atom is 0.335 e. The first-order valence-corrected chi connectivity index (χ1v) is 20.0. The number of fused-ring (bicyclic) bond motifs is 3. The van der Waals surface area contributed by atoms with Crippen LogP contribution in [0.4, 0.5) is 0 Å². The maximum absolute atomic E-state index is 13.3. The molecule has 56 heavy (non-hydrogen) atoms. The second-order valence-corrected chi connectivity index (χ2v) is 17.1. The van der Waals surface area contributed by atoms with Gasteiger partial charge in [0, 0.05) is 68.9 Å². The number of rotatable bonds is 15. The van der Waals surface area contributed by atoms with E-state index >= 15 is 0 Å². The third kappa shape index (κ3) is 6.77. The second-order valence-electron chi connectivity index (χ2n) is 17.1. The molecule has 1 spiro atoms. The van der Waals surface area contributed by atoms with Gasteiger partial charge >= 0.3 is 23.5 Å². The minimum Gasteiger partial charge on any atom is -0.480 e. The van der Waals surface area contributed by atoms with Gasteiger partial charge in [0.15, 0.2) is 0 Å². The second kappa shape index (κ2) is 15.2. The van der Waals surface area contributed by atoms with Crippen LogP contribution in [0.3, 0.4) is 0 Å². The van der Waals surface area contributed by atoms with Gasteiger partial charge in [-0.05, 0) is 74.8 Å². The Bertz CT molecular complexity index is 1890. The quantitative estimate of drug-likeness (QED) is 0.102. The molecule has 3 heterocycles. The first-order chi connectivity index (χ1) is 26.7. The van der Waals surface area contributed by atoms with Crippen molar-refractivity contribution >= 4 is 30.1 Å². The fourth-order valence-electron chi connectivity index (χ4n) is 11.5. The Morgan fingerprint density at radius 3 is 2.46 bits per heavy atom. The zero-order valence-electron chi connectivity index (χ0n) is 32.3. The molecule has 5 aliphatic rings. The van der Waals surface area contributed by atoms with Crippen LogP contribution in [0.1, 0.15) is 114 Å². The van der Waals surface area contributed by atoms with E-state index in [0.717, 1.165) is 11.8 Å². The number of aliphatic carboxylic acids is 1. The molecule has 4 saturated carbocycles. The number of aromatic nitrogens is 2. The number of nitrogens with zero attached hydrogens (tertiary/aromatic N) is 2. The lowest BCUT2D eigenvalue weighted by molar-refractivity contribution is -0.223. The van der Waals surface area contributed by atoms with Gasteiger partial charge in [0.2, 0.25) is 5.91 Å². The van der Waals surface area contributed by atoms with E-state index in [0.29, 0.717) is 69.9 Å². The number of esters is 2. The number of hydrogen-bond acceptors (Lipinski definition) is 12. The van der Waals surface area contributed by atoms with E-state index in [4.69, 9.17) is 18.6 Å². The molecule has 15 heteroatoms. The van der Waals surface area contributed by atoms with Gasteiger partial charge in [-0.15, -0.1) is 0 Å². The van der Waals surface area contributed by atoms with Gasteiger partial charge in [0.05, 0.1) is 23.6 Å². The van der Waals surface area contributed by atoms with Gasteiger partial charge < -0.3 is 43.5 Å². The lowest BCUT2D eigenvalue weighted by Crippen LogP contribution is -2.67. The highest BCUT2D eigenvalue weighted by Crippen LogP contribution is 2.78. The van der Waals surface area contributed by atoms with Crippen LogP contribution in [0.15, 0.2) is 40.1 Å². The number of carboxylic acids is 1. The third-order valence-corrected chi connectivity index (χ3v) is 14.1. The highest BCUT2D eigenvalue weighted by Gasteiger charge is 2.85. The summed E-state index contributed by atoms with van der Waals surface area (Å²) in [5.74, 6) is -2.79. The summed E-state index contributed by atoms with van der Waals surface area (Å²) in [6.45, 7) is 3.52. The van der Waals surface area contributed by atoms with Crippen LogP contribution in [0.25, 0.3) is 0 Å². The summed E-state index contributed by atoms with van der Waals surface area (Å²) in [6, 6.07) is 2.05. The summed E-state index contributed by atoms with van der Waals surface area (Å²) < 4.78 is 25.4. The van der Waals surface area contributed by atoms with Crippen LogP contribution >= 0.6 is 0 Å². The maximum atomic E-state index is 13.3. The summed E-state index contributed by atoms with van der Waals surface area (Å²) in [6.07, 6.45) is 10.2. The number of hydrogen-bond donors (Lipinski definition) is 3. The summed E-state index contributed by atoms with van der Waals surface area (Å²) >= 11 is 0. The molecule has 0 unspecified atom stereocenters. The number of unbranched alkanes of at least 4 members (excludes halogenated alkanes) is 3. The van der Waals surface area contributed by atoms with Crippen LogP contribution in [-0.2, 0) is 51.7 Å². The van der Waals surface area contributed by atoms with Crippen molar-refractivity contribution in [3.8, 4) is 0 Å². The molecular weight excluding hydrogens is 726 g/mol. The van der Waals surface area contributed by atoms with E-state index in [1.165, 1.54) is 19.3 Å². The van der Waals surface area contributed by atoms with E-state index in [2.05, 4.69) is 17.2 Å². The van der Waals surface area contributed by atoms with Crippen molar-refractivity contribution < 1.29 is 52.8 Å². The van der Waals surface area contributed by atoms with Crippen LogP contribution in [-0.4, -0.2) is 85.4 Å². The molecule has 2 aromatic heterocycles. The predicted molar refractivity (Wildman–Crippen MR) is 196 cm³/mol. The molecule has 1 aliphatic heterocycles. The van der Waals surface area contributed by atoms with Gasteiger partial charge in [-0.1, -0.05) is 19.8 Å². The molecule has 0 radical (unpaired) electrons. The largest absolute Gasteiger partial charge is 0.480 e. The zero-order chi connectivity index (χ0) is 40.0. The average molecular weight is 780 g/mol. The molecule has 15 nitrogen and oxygen atoms in total. The van der Waals surface area contributed by atoms with Crippen molar-refractivity contribution in [2.75, 3.05) is 0 Å². The van der Waals surface area contributed by atoms with Crippen molar-refractivity contribution in [3.63, 3.8) is 0 Å². The molecule has 0 aromatic carbocycles. The molecule has 2 aromatic rings. The first kappa shape index (κ1) is 39.8. The van der Waals surface area contributed by atoms with Crippen molar-refractivity contribution in [2.24, 2.45) is 29.7 Å². The minimum absolute atomic E-state index is 0.0778. The Labute approximate surface area is 324 Å². The van der Waals surface area contributed by atoms with Crippen LogP contribution in [0.5, 0.6) is 0 Å². The number of aryl methyl sites for hydroxylation is 1. The standard InChI is InChI=1S/C41H53N3O12/c1-24(46)54-35-34(25-10-11-32(48)53-21-25)38(2)15-13-28-29(41(38)36(35)56-41)14-17-40(52)19-27(12-16-39(28,40)22-45)55-33(49)9-7-5-4-6-8-31(47)43-30(37(50)51)18-26-20-42-23-44(26)3/h10-11,20-23,27-30,34-36,52H,4-9,12-19H2,1-3H3,(H,43,47)(H,50,51)/t27-,28-,29+,30-,34-,35+,36+,38+,39-,40-,41+/m0/s1. The van der Waals surface area contributed by atoms with Gasteiger partial charge in [-0.2, -0.15) is 0 Å². The highest BCUT2D eigenvalue weighted by molar-refractivity contribution is 5.83. The molecule has 11 atom stereocenters. The minimum atomic E-state index is -1.36. The fourth-order valence-corrected chi connectivity index (χ4v) is 11.5. The van der Waals surface area contributed by atoms with Crippen LogP contribution in [0, 0.1) is 22.7 Å². The Balaban J connectivity index is 0.911. The van der Waals surface area contributed by atoms with Crippen molar-refractivity contribution in [1.29, 1.82) is 0 Å². The van der Waals surface area contributed by atoms with Crippen LogP contribution < -0.4 is 10.9 Å². The lowest BCUT2D eigenvalue weighted by Gasteiger charge is -2.62. The highest BCUT2D eigenvalue weighted by atomic mass is 16.7. The number of amides is 1. The molecule has 304 valence electrons. The zero-order valence-corrected chi connectivity index (χ0v) is 32.3. The Morgan fingerprint density at radius 1 is 1.05 bits per heavy atom. The predicted octanol–water partition coefficient (Wildman–Crippen LogP) is 3.53. The van der Waals surface area contributed by atoms with Crippen molar-refractivity contribution in [2.45, 2.75) is 145 Å². The number of aldehydes is 1. The number of carbonyl (C=O) groups is 5. The Kier molecular flexibility index (Phi) is 10.8. The molecule has 1 saturated heterocycles. The number of aliphatic hydroxyl groups is 1. The van der Waals surface area contributed by atoms with E-state index in [1.807, 2.05) is 0 Å². The van der Waals surface area contributed by atoms with Gasteiger partial charge in [-0.3, -0.25) is 14.4 Å². The van der Waals surface area contributed by atoms with E-state index in [1.54, 1.807) is 30.2 Å². The van der Waals surface area contributed by atoms with Gasteiger partial charge in [-0.25, -0.2) is 14.6 Å². The number of carboxylic acid groups (broad SMARTS) is 1. The molecule has 3 N–H and O–H groups in total. The average Bonchev–Trinajstić information content (AvgIpc) is 3.70. The monoisotopic (exact) mass is 779 g/mol. The molecule has 7 rings (SSSR count). The smallest absolute Gasteiger partial charge is 0.335 e. The normalized spacial score (nSPS) is 35.8. The third-order valence-electron chi connectivity index (χ3n) is 14.1. The summed E-state index contributed by atoms with van der Waals surface area (Å²) in [5.41, 5.74) is -2.58. The summed E-state index contributed by atoms with van der Waals surface area (Å²) in [7, 11) is 1.76. The summed E-state index contributed by atoms with van der Waals surface area (Å²) in [5, 5.41) is 24.5. The molecule has 4 aliphatic carbocycles. The lowest BCUT2D eigenvalue weighted by atomic mass is 9.42. The summed E-state index contributed by atoms with van der Waals surface area (Å²) in [4.78, 5) is 78.5. The van der Waals surface area contributed by atoms with E-state index in [9.17, 15) is 39.0 Å². The molecule has 1 amide bonds. The van der Waals surface area contributed by atoms with E-state index in [-0.39, 0.29) is 55.3 Å². The Hall–Kier alpha value is -4.37. The first-order valence-electron chi connectivity index (χ1n) is 20.0. The van der Waals surface area contributed by atoms with Crippen molar-refractivity contribution in [3.05, 3.63) is 52.6 Å². The van der Waals surface area contributed by atoms with Crippen LogP contribution in [0.2, 0.25) is 0 Å². The topological polar surface area (TPSA) is 217 Å². The fraction of sp³-hybridized carbons (Fsp3) is 0.683. The Morgan fingerprint density at radius 2 is 1.80 bits per heavy atom. The number of imidazole rings is 1. The SMILES string of the molecule is CC(=O)O[C@H]1[C@H]2O[C@]23[C@@H]2CC[C@]4(O)C[C@@H](OC(=O)CCCCCCC(=O)N[C@@H](Cc5cncn5C)C(=O)O)CC[C@]4(C=O)[C@H]2CC[C@]3(C)[C@H]1c1ccc(=O)oc1. The molecular formula is C41H53N3O12.